The fourth-order valence-electron chi connectivity index (χ4n) is 4.69. The number of aromatic nitrogens is 2. The lowest BCUT2D eigenvalue weighted by molar-refractivity contribution is -0.160. The van der Waals surface area contributed by atoms with E-state index in [1.807, 2.05) is 6.07 Å². The summed E-state index contributed by atoms with van der Waals surface area (Å²) in [5.41, 5.74) is 1.71. The summed E-state index contributed by atoms with van der Waals surface area (Å²) >= 11 is 0. The number of fused-ring (bicyclic) bond motifs is 1. The number of amides is 3. The average Bonchev–Trinajstić information content (AvgIpc) is 3.59. The Hall–Kier alpha value is -4.91. The molecule has 1 aliphatic heterocycles. The number of carbonyl (C=O) groups is 3. The molecule has 0 bridgehead atoms. The molecule has 0 aliphatic carbocycles. The van der Waals surface area contributed by atoms with Crippen LogP contribution in [0.5, 0.6) is 11.5 Å². The Morgan fingerprint density at radius 1 is 1.05 bits per heavy atom. The quantitative estimate of drug-likeness (QED) is 0.262. The second-order valence-electron chi connectivity index (χ2n) is 9.56. The van der Waals surface area contributed by atoms with Crippen molar-refractivity contribution in [2.45, 2.75) is 31.7 Å². The van der Waals surface area contributed by atoms with Crippen molar-refractivity contribution < 1.29 is 37.0 Å². The van der Waals surface area contributed by atoms with E-state index in [9.17, 15) is 27.6 Å². The summed E-state index contributed by atoms with van der Waals surface area (Å²) in [5.74, 6) is -1.52. The Morgan fingerprint density at radius 3 is 2.62 bits per heavy atom. The monoisotopic (exact) mass is 581 g/mol. The van der Waals surface area contributed by atoms with Crippen LogP contribution in [-0.2, 0) is 20.9 Å². The minimum Gasteiger partial charge on any atom is -0.457 e. The van der Waals surface area contributed by atoms with E-state index in [0.717, 1.165) is 15.8 Å². The molecular weight excluding hydrogens is 555 g/mol. The largest absolute Gasteiger partial charge is 0.457 e. The molecule has 0 spiro atoms. The van der Waals surface area contributed by atoms with Gasteiger partial charge in [0.2, 0.25) is 11.8 Å². The zero-order valence-corrected chi connectivity index (χ0v) is 22.1. The summed E-state index contributed by atoms with van der Waals surface area (Å²) in [6, 6.07) is 14.0. The summed E-state index contributed by atoms with van der Waals surface area (Å²) in [6.07, 6.45) is 2.11. The van der Waals surface area contributed by atoms with Gasteiger partial charge >= 0.3 is 6.61 Å². The molecular formula is C29H26F3N5O5. The molecule has 218 valence electrons. The van der Waals surface area contributed by atoms with Gasteiger partial charge in [0.25, 0.3) is 5.91 Å². The van der Waals surface area contributed by atoms with Gasteiger partial charge in [-0.2, -0.15) is 8.78 Å². The molecule has 4 aromatic rings. The number of pyridine rings is 1. The number of nitrogens with one attached hydrogen (secondary N) is 3. The minimum atomic E-state index is -3.07. The van der Waals surface area contributed by atoms with Crippen LogP contribution < -0.4 is 15.4 Å². The maximum Gasteiger partial charge on any atom is 0.345 e. The number of likely N-dealkylation sites (tertiary alicyclic amines) is 1. The number of hydrogen-bond acceptors (Lipinski definition) is 6. The second-order valence-corrected chi connectivity index (χ2v) is 9.56. The average molecular weight is 582 g/mol. The Bertz CT molecular complexity index is 1550. The molecule has 2 aromatic heterocycles. The normalized spacial score (nSPS) is 16.5. The molecule has 42 heavy (non-hydrogen) atoms. The second kappa shape index (κ2) is 12.7. The molecule has 10 nitrogen and oxygen atoms in total. The van der Waals surface area contributed by atoms with Crippen molar-refractivity contribution in [2.24, 2.45) is 0 Å². The Balaban J connectivity index is 1.20. The van der Waals surface area contributed by atoms with Gasteiger partial charge in [0.1, 0.15) is 23.4 Å². The molecule has 2 aromatic carbocycles. The number of nitrogens with zero attached hydrogens (tertiary/aromatic N) is 2. The highest BCUT2D eigenvalue weighted by Crippen LogP contribution is 2.24. The third kappa shape index (κ3) is 7.04. The van der Waals surface area contributed by atoms with E-state index < -0.39 is 48.8 Å². The van der Waals surface area contributed by atoms with Crippen LogP contribution in [0.4, 0.5) is 13.2 Å². The van der Waals surface area contributed by atoms with Crippen molar-refractivity contribution in [1.29, 1.82) is 0 Å². The van der Waals surface area contributed by atoms with Crippen molar-refractivity contribution in [3.63, 3.8) is 0 Å². The zero-order valence-electron chi connectivity index (χ0n) is 22.1. The highest BCUT2D eigenvalue weighted by molar-refractivity contribution is 5.97. The van der Waals surface area contributed by atoms with Crippen LogP contribution in [0, 0.1) is 5.82 Å². The molecule has 1 aliphatic rings. The fraction of sp³-hybridized carbons (Fsp3) is 0.241. The van der Waals surface area contributed by atoms with Crippen molar-refractivity contribution in [2.75, 3.05) is 13.1 Å². The van der Waals surface area contributed by atoms with Crippen LogP contribution in [0.1, 0.15) is 22.5 Å². The summed E-state index contributed by atoms with van der Waals surface area (Å²) < 4.78 is 49.2. The lowest BCUT2D eigenvalue weighted by Gasteiger charge is -2.24. The number of ether oxygens (including phenoxy) is 2. The van der Waals surface area contributed by atoms with Crippen LogP contribution in [0.3, 0.4) is 0 Å². The predicted octanol–water partition coefficient (Wildman–Crippen LogP) is 3.75. The van der Waals surface area contributed by atoms with Gasteiger partial charge in [-0.1, -0.05) is 6.07 Å². The third-order valence-corrected chi connectivity index (χ3v) is 6.66. The van der Waals surface area contributed by atoms with Crippen LogP contribution in [-0.4, -0.2) is 64.4 Å². The van der Waals surface area contributed by atoms with E-state index in [1.54, 1.807) is 30.6 Å². The maximum absolute atomic E-state index is 13.1. The first kappa shape index (κ1) is 28.6. The molecule has 3 N–H and O–H groups in total. The first-order chi connectivity index (χ1) is 20.2. The first-order valence-electron chi connectivity index (χ1n) is 13.0. The van der Waals surface area contributed by atoms with Gasteiger partial charge in [0.05, 0.1) is 19.2 Å². The van der Waals surface area contributed by atoms with Crippen LogP contribution >= 0.6 is 0 Å². The molecule has 0 saturated carbocycles. The summed E-state index contributed by atoms with van der Waals surface area (Å²) in [7, 11) is 0. The molecule has 0 unspecified atom stereocenters. The molecule has 1 fully saturated rings. The van der Waals surface area contributed by atoms with E-state index in [4.69, 9.17) is 4.74 Å². The first-order valence-corrected chi connectivity index (χ1v) is 13.0. The number of alkyl halides is 2. The number of halogens is 3. The Kier molecular flexibility index (Phi) is 8.67. The summed E-state index contributed by atoms with van der Waals surface area (Å²) in [6.45, 7) is -3.68. The van der Waals surface area contributed by atoms with Crippen molar-refractivity contribution >= 4 is 28.6 Å². The minimum absolute atomic E-state index is 0.111. The van der Waals surface area contributed by atoms with Crippen LogP contribution in [0.2, 0.25) is 0 Å². The molecule has 13 heteroatoms. The number of H-pyrrole nitrogens is 1. The molecule has 5 rings (SSSR count). The fourth-order valence-corrected chi connectivity index (χ4v) is 4.69. The van der Waals surface area contributed by atoms with Gasteiger partial charge in [-0.05, 0) is 54.6 Å². The molecule has 2 atom stereocenters. The maximum atomic E-state index is 13.1. The number of carbonyl (C=O) groups excluding carboxylic acids is 3. The lowest BCUT2D eigenvalue weighted by atomic mass is 10.1. The van der Waals surface area contributed by atoms with E-state index in [1.165, 1.54) is 36.4 Å². The summed E-state index contributed by atoms with van der Waals surface area (Å²) in [5, 5.41) is 6.08. The van der Waals surface area contributed by atoms with E-state index in [2.05, 4.69) is 25.3 Å². The number of hydrogen-bond donors (Lipinski definition) is 3. The smallest absolute Gasteiger partial charge is 0.345 e. The Morgan fingerprint density at radius 2 is 1.86 bits per heavy atom. The lowest BCUT2D eigenvalue weighted by Crippen LogP contribution is -2.49. The predicted molar refractivity (Wildman–Crippen MR) is 144 cm³/mol. The van der Waals surface area contributed by atoms with E-state index >= 15 is 0 Å². The van der Waals surface area contributed by atoms with Gasteiger partial charge in [-0.15, -0.1) is 0 Å². The standard InChI is InChI=1S/C29H26F3N5O5/c30-19-4-6-21(7-5-19)41-22-3-1-2-17(11-22)27(39)35-15-26(38)37-16-23(42-29(31)32)12-25(37)28(40)34-14-20-10-18-13-33-9-8-24(18)36-20/h1-11,13,23,25,29,36H,12,14-16H2,(H,34,40)(H,35,39)/t23-,25+/m1/s1. The van der Waals surface area contributed by atoms with Gasteiger partial charge in [-0.3, -0.25) is 19.4 Å². The third-order valence-electron chi connectivity index (χ3n) is 6.66. The molecule has 3 amide bonds. The van der Waals surface area contributed by atoms with Gasteiger partial charge in [-0.25, -0.2) is 4.39 Å². The van der Waals surface area contributed by atoms with Crippen molar-refractivity contribution in [1.82, 2.24) is 25.5 Å². The highest BCUT2D eigenvalue weighted by Gasteiger charge is 2.41. The van der Waals surface area contributed by atoms with Crippen LogP contribution in [0.25, 0.3) is 10.9 Å². The Labute approximate surface area is 237 Å². The van der Waals surface area contributed by atoms with E-state index in [0.29, 0.717) is 17.2 Å². The van der Waals surface area contributed by atoms with Crippen LogP contribution in [0.15, 0.2) is 73.1 Å². The van der Waals surface area contributed by atoms with Crippen molar-refractivity contribution in [3.8, 4) is 11.5 Å². The van der Waals surface area contributed by atoms with E-state index in [-0.39, 0.29) is 25.1 Å². The topological polar surface area (TPSA) is 126 Å². The highest BCUT2D eigenvalue weighted by atomic mass is 19.3. The van der Waals surface area contributed by atoms with Gasteiger partial charge in [0.15, 0.2) is 0 Å². The number of benzene rings is 2. The van der Waals surface area contributed by atoms with Gasteiger partial charge in [0, 0.05) is 47.5 Å². The molecule has 0 radical (unpaired) electrons. The number of rotatable bonds is 10. The molecule has 3 heterocycles. The zero-order chi connectivity index (χ0) is 29.6. The van der Waals surface area contributed by atoms with Crippen molar-refractivity contribution in [3.05, 3.63) is 90.1 Å². The molecule has 1 saturated heterocycles. The number of aromatic amines is 1. The summed E-state index contributed by atoms with van der Waals surface area (Å²) in [4.78, 5) is 47.2. The van der Waals surface area contributed by atoms with Gasteiger partial charge < -0.3 is 30.0 Å². The SMILES string of the molecule is O=C(NCC(=O)N1C[C@H](OC(F)F)C[C@H]1C(=O)NCc1cc2cnccc2[nH]1)c1cccc(Oc2ccc(F)cc2)c1.